The number of hydrogen-bond donors (Lipinski definition) is 1. The van der Waals surface area contributed by atoms with Crippen LogP contribution >= 0.6 is 0 Å². The number of ketones is 1. The van der Waals surface area contributed by atoms with E-state index in [-0.39, 0.29) is 19.1 Å². The third-order valence-electron chi connectivity index (χ3n) is 5.33. The van der Waals surface area contributed by atoms with E-state index in [1.54, 1.807) is 41.9 Å². The molecule has 10 heteroatoms. The Hall–Kier alpha value is -4.05. The van der Waals surface area contributed by atoms with Gasteiger partial charge in [-0.2, -0.15) is 0 Å². The Morgan fingerprint density at radius 1 is 1.03 bits per heavy atom. The second-order valence-corrected chi connectivity index (χ2v) is 8.49. The highest BCUT2D eigenvalue weighted by atomic mass is 19.1. The van der Waals surface area contributed by atoms with Crippen LogP contribution in [0.25, 0.3) is 11.1 Å². The lowest BCUT2D eigenvalue weighted by molar-refractivity contribution is -0.145. The summed E-state index contributed by atoms with van der Waals surface area (Å²) in [6.07, 6.45) is 0.992. The van der Waals surface area contributed by atoms with E-state index in [9.17, 15) is 23.5 Å². The van der Waals surface area contributed by atoms with Gasteiger partial charge < -0.3 is 9.84 Å². The van der Waals surface area contributed by atoms with Crippen LogP contribution in [0.15, 0.2) is 60.7 Å². The number of Topliss-reactive ketones (excluding diaryl/α,β-unsaturated/α-hetero) is 1. The van der Waals surface area contributed by atoms with Crippen molar-refractivity contribution in [3.8, 4) is 0 Å². The molecular weight excluding hydrogens is 482 g/mol. The van der Waals surface area contributed by atoms with Crippen molar-refractivity contribution in [2.45, 2.75) is 45.8 Å². The molecule has 0 amide bonds. The number of aromatic nitrogens is 4. The molecule has 3 aromatic rings. The molecule has 1 unspecified atom stereocenters. The average molecular weight is 511 g/mol. The fourth-order valence-corrected chi connectivity index (χ4v) is 3.65. The number of aliphatic hydroxyl groups excluding tert-OH is 1. The summed E-state index contributed by atoms with van der Waals surface area (Å²) < 4.78 is 33.9. The van der Waals surface area contributed by atoms with Crippen LogP contribution in [-0.2, 0) is 14.3 Å². The lowest BCUT2D eigenvalue weighted by atomic mass is 9.91. The third-order valence-corrected chi connectivity index (χ3v) is 5.33. The first kappa shape index (κ1) is 27.5. The molecule has 37 heavy (non-hydrogen) atoms. The standard InChI is InChI=1S/C27H28F2N4O4/c1-4-37-25(36)16-23(35)15-22(34)13-14-24(27-30-31-32-33(27)17(2)3)26(18-5-9-20(28)10-6-18)19-7-11-21(29)12-8-19/h5-14,17,22,34H,4,15-16H2,1-3H3/b14-13+. The maximum Gasteiger partial charge on any atom is 0.313 e. The van der Waals surface area contributed by atoms with Crippen molar-refractivity contribution in [3.05, 3.63) is 89.3 Å². The Morgan fingerprint density at radius 3 is 2.11 bits per heavy atom. The maximum absolute atomic E-state index is 13.8. The number of allylic oxidation sites excluding steroid dienone is 2. The number of hydrogen-bond acceptors (Lipinski definition) is 7. The minimum atomic E-state index is -1.22. The van der Waals surface area contributed by atoms with Crippen molar-refractivity contribution in [1.82, 2.24) is 20.2 Å². The van der Waals surface area contributed by atoms with E-state index < -0.39 is 35.9 Å². The number of ether oxygens (including phenoxy) is 1. The predicted molar refractivity (Wildman–Crippen MR) is 133 cm³/mol. The van der Waals surface area contributed by atoms with Gasteiger partial charge in [0.1, 0.15) is 23.8 Å². The normalized spacial score (nSPS) is 12.1. The highest BCUT2D eigenvalue weighted by molar-refractivity contribution is 6.01. The van der Waals surface area contributed by atoms with Gasteiger partial charge >= 0.3 is 5.97 Å². The molecule has 0 aliphatic heterocycles. The third kappa shape index (κ3) is 7.47. The lowest BCUT2D eigenvalue weighted by Gasteiger charge is -2.16. The summed E-state index contributed by atoms with van der Waals surface area (Å²) in [6.45, 7) is 5.57. The molecule has 0 radical (unpaired) electrons. The number of tetrazole rings is 1. The molecule has 0 bridgehead atoms. The zero-order valence-electron chi connectivity index (χ0n) is 20.8. The molecule has 3 rings (SSSR count). The van der Waals surface area contributed by atoms with E-state index in [4.69, 9.17) is 4.74 Å². The van der Waals surface area contributed by atoms with Crippen LogP contribution in [0.5, 0.6) is 0 Å². The SMILES string of the molecule is CCOC(=O)CC(=O)CC(O)/C=C/C(=C(c1ccc(F)cc1)c1ccc(F)cc1)c1nnnn1C(C)C. The van der Waals surface area contributed by atoms with Gasteiger partial charge in [0.15, 0.2) is 5.82 Å². The number of halogens is 2. The van der Waals surface area contributed by atoms with Gasteiger partial charge in [0.2, 0.25) is 0 Å². The van der Waals surface area contributed by atoms with Gasteiger partial charge in [0, 0.05) is 12.0 Å². The molecule has 194 valence electrons. The summed E-state index contributed by atoms with van der Waals surface area (Å²) in [5.74, 6) is -1.65. The average Bonchev–Trinajstić information content (AvgIpc) is 3.33. The van der Waals surface area contributed by atoms with E-state index in [0.717, 1.165) is 0 Å². The molecule has 1 aromatic heterocycles. The predicted octanol–water partition coefficient (Wildman–Crippen LogP) is 4.32. The molecule has 8 nitrogen and oxygen atoms in total. The number of aliphatic hydroxyl groups is 1. The second kappa shape index (κ2) is 12.8. The second-order valence-electron chi connectivity index (χ2n) is 8.49. The van der Waals surface area contributed by atoms with Crippen molar-refractivity contribution in [2.24, 2.45) is 0 Å². The van der Waals surface area contributed by atoms with Gasteiger partial charge in [-0.25, -0.2) is 13.5 Å². The van der Waals surface area contributed by atoms with Crippen molar-refractivity contribution < 1.29 is 28.2 Å². The summed E-state index contributed by atoms with van der Waals surface area (Å²) in [7, 11) is 0. The van der Waals surface area contributed by atoms with Crippen molar-refractivity contribution in [2.75, 3.05) is 6.61 Å². The van der Waals surface area contributed by atoms with Gasteiger partial charge in [0.25, 0.3) is 0 Å². The quantitative estimate of drug-likeness (QED) is 0.233. The maximum atomic E-state index is 13.8. The van der Waals surface area contributed by atoms with Crippen LogP contribution in [0.3, 0.4) is 0 Å². The van der Waals surface area contributed by atoms with Crippen LogP contribution in [-0.4, -0.2) is 49.8 Å². The summed E-state index contributed by atoms with van der Waals surface area (Å²) >= 11 is 0. The fraction of sp³-hybridized carbons (Fsp3) is 0.296. The molecule has 0 spiro atoms. The first-order valence-electron chi connectivity index (χ1n) is 11.8. The molecule has 0 fully saturated rings. The van der Waals surface area contributed by atoms with E-state index in [2.05, 4.69) is 15.5 Å². The highest BCUT2D eigenvalue weighted by Gasteiger charge is 2.20. The number of carbonyl (C=O) groups is 2. The zero-order valence-corrected chi connectivity index (χ0v) is 20.8. The minimum Gasteiger partial charge on any atom is -0.466 e. The summed E-state index contributed by atoms with van der Waals surface area (Å²) in [5, 5.41) is 22.6. The number of benzene rings is 2. The fourth-order valence-electron chi connectivity index (χ4n) is 3.65. The van der Waals surface area contributed by atoms with Gasteiger partial charge in [-0.05, 0) is 72.2 Å². The summed E-state index contributed by atoms with van der Waals surface area (Å²) in [6, 6.07) is 11.4. The molecule has 0 aliphatic rings. The Morgan fingerprint density at radius 2 is 1.59 bits per heavy atom. The lowest BCUT2D eigenvalue weighted by Crippen LogP contribution is -2.16. The molecular formula is C27H28F2N4O4. The molecule has 0 saturated heterocycles. The number of carbonyl (C=O) groups excluding carboxylic acids is 2. The largest absolute Gasteiger partial charge is 0.466 e. The summed E-state index contributed by atoms with van der Waals surface area (Å²) in [4.78, 5) is 23.8. The van der Waals surface area contributed by atoms with Crippen molar-refractivity contribution in [3.63, 3.8) is 0 Å². The van der Waals surface area contributed by atoms with Crippen LogP contribution in [0.4, 0.5) is 8.78 Å². The van der Waals surface area contributed by atoms with Gasteiger partial charge in [-0.3, -0.25) is 9.59 Å². The number of rotatable bonds is 11. The highest BCUT2D eigenvalue weighted by Crippen LogP contribution is 2.33. The zero-order chi connectivity index (χ0) is 26.9. The van der Waals surface area contributed by atoms with Gasteiger partial charge in [-0.1, -0.05) is 36.4 Å². The van der Waals surface area contributed by atoms with E-state index in [1.807, 2.05) is 13.8 Å². The molecule has 1 N–H and O–H groups in total. The van der Waals surface area contributed by atoms with Crippen molar-refractivity contribution in [1.29, 1.82) is 0 Å². The Balaban J connectivity index is 2.12. The van der Waals surface area contributed by atoms with E-state index in [0.29, 0.717) is 28.1 Å². The molecule has 0 saturated carbocycles. The molecule has 0 aliphatic carbocycles. The molecule has 1 atom stereocenters. The topological polar surface area (TPSA) is 107 Å². The Labute approximate surface area is 213 Å². The minimum absolute atomic E-state index is 0.132. The van der Waals surface area contributed by atoms with Crippen molar-refractivity contribution >= 4 is 22.9 Å². The summed E-state index contributed by atoms with van der Waals surface area (Å²) in [5.41, 5.74) is 2.20. The first-order chi connectivity index (χ1) is 17.7. The van der Waals surface area contributed by atoms with E-state index >= 15 is 0 Å². The molecule has 1 heterocycles. The van der Waals surface area contributed by atoms with Crippen LogP contribution in [0, 0.1) is 11.6 Å². The first-order valence-corrected chi connectivity index (χ1v) is 11.8. The number of esters is 1. The van der Waals surface area contributed by atoms with Gasteiger partial charge in [0.05, 0.1) is 18.8 Å². The van der Waals surface area contributed by atoms with Crippen LogP contribution < -0.4 is 0 Å². The monoisotopic (exact) mass is 510 g/mol. The van der Waals surface area contributed by atoms with Crippen LogP contribution in [0.2, 0.25) is 0 Å². The smallest absolute Gasteiger partial charge is 0.313 e. The van der Waals surface area contributed by atoms with Gasteiger partial charge in [-0.15, -0.1) is 5.10 Å². The van der Waals surface area contributed by atoms with Crippen LogP contribution in [0.1, 0.15) is 56.6 Å². The Bertz CT molecular complexity index is 1230. The van der Waals surface area contributed by atoms with E-state index in [1.165, 1.54) is 30.3 Å². The number of nitrogens with zero attached hydrogens (tertiary/aromatic N) is 4. The molecule has 2 aromatic carbocycles. The Kier molecular flexibility index (Phi) is 9.51.